The molecule has 0 rings (SSSR count). The first-order valence-electron chi connectivity index (χ1n) is 21.8. The van der Waals surface area contributed by atoms with Crippen LogP contribution in [0.5, 0.6) is 0 Å². The number of carbonyl (C=O) groups excluding carboxylic acids is 3. The number of ether oxygens (including phenoxy) is 2. The molecule has 10 heteroatoms. The van der Waals surface area contributed by atoms with Gasteiger partial charge in [0.15, 0.2) is 7.52 Å². The van der Waals surface area contributed by atoms with Crippen molar-refractivity contribution in [1.29, 1.82) is 0 Å². The van der Waals surface area contributed by atoms with Gasteiger partial charge in [0, 0.05) is 12.8 Å². The Morgan fingerprint density at radius 3 is 1.24 bits per heavy atom. The highest BCUT2D eigenvalue weighted by Gasteiger charge is 2.26. The lowest BCUT2D eigenvalue weighted by Gasteiger charge is -2.19. The Morgan fingerprint density at radius 2 is 0.882 bits per heavy atom. The quantitative estimate of drug-likeness (QED) is 0.0358. The fourth-order valence-electron chi connectivity index (χ4n) is 6.33. The van der Waals surface area contributed by atoms with Crippen LogP contribution in [0, 0.1) is 0 Å². The van der Waals surface area contributed by atoms with Crippen LogP contribution >= 0.6 is 7.60 Å². The molecule has 0 aromatic carbocycles. The predicted molar refractivity (Wildman–Crippen MR) is 210 cm³/mol. The molecule has 0 aliphatic heterocycles. The first-order valence-corrected chi connectivity index (χ1v) is 23.0. The lowest BCUT2D eigenvalue weighted by atomic mass is 10.0. The van der Waals surface area contributed by atoms with Crippen LogP contribution in [-0.4, -0.2) is 48.2 Å². The molecule has 2 atom stereocenters. The summed E-state index contributed by atoms with van der Waals surface area (Å²) in [6.45, 7) is 3.70. The Hall–Kier alpha value is -1.44. The first-order chi connectivity index (χ1) is 25.2. The van der Waals surface area contributed by atoms with Crippen LogP contribution < -0.4 is 5.73 Å². The summed E-state index contributed by atoms with van der Waals surface area (Å²) in [5.74, 6) is -1.88. The lowest BCUT2D eigenvalue weighted by molar-refractivity contribution is -0.161. The van der Waals surface area contributed by atoms with E-state index in [9.17, 15) is 23.8 Å². The molecule has 51 heavy (non-hydrogen) atoms. The number of unbranched alkanes of at least 4 members (excludes halogenated alkanes) is 28. The van der Waals surface area contributed by atoms with Gasteiger partial charge >= 0.3 is 19.5 Å². The molecule has 1 amide bonds. The van der Waals surface area contributed by atoms with E-state index in [-0.39, 0.29) is 19.4 Å². The van der Waals surface area contributed by atoms with Crippen molar-refractivity contribution in [2.24, 2.45) is 5.73 Å². The van der Waals surface area contributed by atoms with Gasteiger partial charge in [0.25, 0.3) is 0 Å². The standard InChI is InChI=1S/C41H80NO8P/c1-3-5-7-9-11-13-15-17-19-21-23-25-27-29-31-33-40(44)48-35-38(36-49-51(46,47)37-39(42)43)50-41(45)34-32-30-28-26-24-22-20-18-16-14-12-10-8-6-4-2/h38H,3-37H2,1-2H3,(H2,42,43)(H,46,47)/t38-/m1/s1/i/hD. The van der Waals surface area contributed by atoms with Gasteiger partial charge in [-0.05, 0) is 12.8 Å². The smallest absolute Gasteiger partial charge is 0.337 e. The molecule has 3 N–H and O–H groups in total. The third-order valence-corrected chi connectivity index (χ3v) is 10.7. The van der Waals surface area contributed by atoms with Crippen molar-refractivity contribution in [3.63, 3.8) is 0 Å². The van der Waals surface area contributed by atoms with Crippen LogP contribution in [0.1, 0.15) is 219 Å². The van der Waals surface area contributed by atoms with Gasteiger partial charge in [-0.2, -0.15) is 0 Å². The molecule has 0 spiro atoms. The molecule has 302 valence electrons. The summed E-state index contributed by atoms with van der Waals surface area (Å²) in [6.07, 6.45) is 35.4. The van der Waals surface area contributed by atoms with Crippen molar-refractivity contribution in [2.45, 2.75) is 225 Å². The van der Waals surface area contributed by atoms with Crippen molar-refractivity contribution in [3.05, 3.63) is 0 Å². The number of hydrogen-bond acceptors (Lipinski definition) is 7. The third-order valence-electron chi connectivity index (χ3n) is 9.50. The van der Waals surface area contributed by atoms with Gasteiger partial charge in [-0.1, -0.05) is 194 Å². The minimum Gasteiger partial charge on any atom is -0.462 e. The first kappa shape index (κ1) is 47.6. The van der Waals surface area contributed by atoms with Gasteiger partial charge in [0.1, 0.15) is 12.8 Å². The van der Waals surface area contributed by atoms with Gasteiger partial charge in [-0.3, -0.25) is 18.9 Å². The van der Waals surface area contributed by atoms with E-state index in [4.69, 9.17) is 15.4 Å². The maximum atomic E-state index is 12.6. The van der Waals surface area contributed by atoms with Crippen molar-refractivity contribution < 1.29 is 39.3 Å². The van der Waals surface area contributed by atoms with Gasteiger partial charge < -0.3 is 24.6 Å². The molecular formula is C41H80NO8P. The number of esters is 2. The highest BCUT2D eigenvalue weighted by Crippen LogP contribution is 2.41. The summed E-state index contributed by atoms with van der Waals surface area (Å²) in [7, 11) is -4.37. The second-order valence-corrected chi connectivity index (χ2v) is 16.6. The van der Waals surface area contributed by atoms with Crippen LogP contribution in [0.4, 0.5) is 0 Å². The van der Waals surface area contributed by atoms with Gasteiger partial charge in [0.2, 0.25) is 5.91 Å². The van der Waals surface area contributed by atoms with E-state index >= 15 is 0 Å². The van der Waals surface area contributed by atoms with Crippen LogP contribution in [0.25, 0.3) is 0 Å². The summed E-state index contributed by atoms with van der Waals surface area (Å²) in [4.78, 5) is 46.3. The van der Waals surface area contributed by atoms with Crippen molar-refractivity contribution in [1.82, 2.24) is 0 Å². The zero-order chi connectivity index (χ0) is 38.4. The van der Waals surface area contributed by atoms with Crippen LogP contribution in [0.2, 0.25) is 1.41 Å². The monoisotopic (exact) mass is 747 g/mol. The molecule has 0 aromatic rings. The fraction of sp³-hybridized carbons (Fsp3) is 0.927. The molecule has 0 aromatic heterocycles. The van der Waals surface area contributed by atoms with Crippen molar-refractivity contribution in [2.75, 3.05) is 19.4 Å². The van der Waals surface area contributed by atoms with Crippen molar-refractivity contribution in [3.8, 4) is 0 Å². The fourth-order valence-corrected chi connectivity index (χ4v) is 7.18. The number of primary amides is 1. The summed E-state index contributed by atoms with van der Waals surface area (Å²) in [5.41, 5.74) is 1.54. The minimum atomic E-state index is -4.37. The zero-order valence-electron chi connectivity index (χ0n) is 34.1. The summed E-state index contributed by atoms with van der Waals surface area (Å²) < 4.78 is 34.9. The maximum Gasteiger partial charge on any atom is 0.337 e. The molecule has 0 aliphatic rings. The van der Waals surface area contributed by atoms with E-state index in [1.807, 2.05) is 0 Å². The number of rotatable bonds is 40. The topological polar surface area (TPSA) is 142 Å². The molecular weight excluding hydrogens is 665 g/mol. The summed E-state index contributed by atoms with van der Waals surface area (Å²) >= 11 is 0. The van der Waals surface area contributed by atoms with E-state index in [1.54, 1.807) is 5.73 Å². The number of carbonyl (C=O) groups is 3. The van der Waals surface area contributed by atoms with Gasteiger partial charge in [-0.25, -0.2) is 0 Å². The second kappa shape index (κ2) is 36.9. The van der Waals surface area contributed by atoms with Crippen LogP contribution in [-0.2, 0) is 32.9 Å². The number of amides is 1. The molecule has 0 aliphatic carbocycles. The largest absolute Gasteiger partial charge is 0.462 e. The molecule has 0 saturated heterocycles. The minimum absolute atomic E-state index is 0.194. The second-order valence-electron chi connectivity index (χ2n) is 14.7. The average Bonchev–Trinajstić information content (AvgIpc) is 3.12. The van der Waals surface area contributed by atoms with Crippen LogP contribution in [0.15, 0.2) is 0 Å². The molecule has 1 unspecified atom stereocenters. The normalized spacial score (nSPS) is 13.4. The Bertz CT molecular complexity index is 893. The Morgan fingerprint density at radius 1 is 0.549 bits per heavy atom. The Kier molecular flexibility index (Phi) is 34.4. The lowest BCUT2D eigenvalue weighted by Crippen LogP contribution is -2.30. The van der Waals surface area contributed by atoms with E-state index in [0.717, 1.165) is 32.1 Å². The molecule has 0 heterocycles. The predicted octanol–water partition coefficient (Wildman–Crippen LogP) is 11.7. The van der Waals surface area contributed by atoms with Crippen LogP contribution in [0.3, 0.4) is 0 Å². The molecule has 9 nitrogen and oxygen atoms in total. The molecule has 0 radical (unpaired) electrons. The molecule has 0 bridgehead atoms. The zero-order valence-corrected chi connectivity index (χ0v) is 34.0. The van der Waals surface area contributed by atoms with E-state index in [0.29, 0.717) is 12.8 Å². The summed E-state index contributed by atoms with van der Waals surface area (Å²) in [6, 6.07) is 0. The summed E-state index contributed by atoms with van der Waals surface area (Å²) in [5, 5.41) is 0. The van der Waals surface area contributed by atoms with Crippen molar-refractivity contribution >= 4 is 25.4 Å². The average molecular weight is 747 g/mol. The Balaban J connectivity index is 4.20. The highest BCUT2D eigenvalue weighted by molar-refractivity contribution is 7.53. The third kappa shape index (κ3) is 38.1. The number of nitrogens with two attached hydrogens (primary N) is 1. The van der Waals surface area contributed by atoms with Gasteiger partial charge in [-0.15, -0.1) is 0 Å². The van der Waals surface area contributed by atoms with E-state index in [1.165, 1.54) is 148 Å². The van der Waals surface area contributed by atoms with E-state index < -0.39 is 44.3 Å². The maximum absolute atomic E-state index is 12.6. The molecule has 0 fully saturated rings. The van der Waals surface area contributed by atoms with E-state index in [2.05, 4.69) is 13.8 Å². The van der Waals surface area contributed by atoms with Gasteiger partial charge in [0.05, 0.1) is 6.61 Å². The Labute approximate surface area is 314 Å². The molecule has 0 saturated carbocycles. The number of hydrogen-bond donors (Lipinski definition) is 2. The SMILES string of the molecule is [2H]NC(=O)CP(=O)(O)OC[C@@H](COC(=O)CCCCCCCCCCCCCCCCC)OC(=O)CCCCCCCCCCCCCCCCC. The highest BCUT2D eigenvalue weighted by atomic mass is 31.2.